The molecule has 20 heavy (non-hydrogen) atoms. The van der Waals surface area contributed by atoms with E-state index < -0.39 is 0 Å². The van der Waals surface area contributed by atoms with Gasteiger partial charge in [0.05, 0.1) is 0 Å². The highest BCUT2D eigenvalue weighted by Crippen LogP contribution is 2.17. The van der Waals surface area contributed by atoms with Crippen molar-refractivity contribution in [2.45, 2.75) is 38.6 Å². The Morgan fingerprint density at radius 3 is 2.70 bits per heavy atom. The zero-order valence-corrected chi connectivity index (χ0v) is 12.0. The number of halogens is 1. The summed E-state index contributed by atoms with van der Waals surface area (Å²) in [7, 11) is 0. The van der Waals surface area contributed by atoms with Gasteiger partial charge in [0.25, 0.3) is 0 Å². The van der Waals surface area contributed by atoms with Gasteiger partial charge in [-0.25, -0.2) is 4.39 Å². The largest absolute Gasteiger partial charge is 0.342 e. The molecule has 0 aromatic heterocycles. The minimum absolute atomic E-state index is 0.0658. The second-order valence-electron chi connectivity index (χ2n) is 5.69. The molecule has 0 saturated carbocycles. The maximum atomic E-state index is 13.5. The van der Waals surface area contributed by atoms with Crippen LogP contribution in [-0.4, -0.2) is 29.9 Å². The van der Waals surface area contributed by atoms with E-state index in [2.05, 4.69) is 0 Å². The predicted octanol–water partition coefficient (Wildman–Crippen LogP) is 2.34. The van der Waals surface area contributed by atoms with Crippen LogP contribution in [0.1, 0.15) is 31.7 Å². The number of hydrogen-bond donors (Lipinski definition) is 1. The van der Waals surface area contributed by atoms with E-state index in [1.54, 1.807) is 12.1 Å². The molecular formula is C16H23FN2O. The molecule has 1 aliphatic heterocycles. The summed E-state index contributed by atoms with van der Waals surface area (Å²) in [6.45, 7) is 3.44. The first-order valence-corrected chi connectivity index (χ1v) is 7.35. The number of hydrogen-bond acceptors (Lipinski definition) is 2. The van der Waals surface area contributed by atoms with Crippen molar-refractivity contribution in [3.63, 3.8) is 0 Å². The number of rotatable bonds is 4. The van der Waals surface area contributed by atoms with Gasteiger partial charge in [0.2, 0.25) is 5.91 Å². The lowest BCUT2D eigenvalue weighted by Crippen LogP contribution is -2.44. The number of likely N-dealkylation sites (tertiary alicyclic amines) is 1. The fourth-order valence-corrected chi connectivity index (χ4v) is 2.63. The van der Waals surface area contributed by atoms with E-state index in [0.29, 0.717) is 18.4 Å². The van der Waals surface area contributed by atoms with Crippen molar-refractivity contribution >= 4 is 5.91 Å². The van der Waals surface area contributed by atoms with E-state index in [1.807, 2.05) is 17.9 Å². The summed E-state index contributed by atoms with van der Waals surface area (Å²) in [5, 5.41) is 0. The standard InChI is InChI=1S/C16H23FN2O/c1-12(6-7-13-4-2-3-5-15(13)17)16(20)19-10-8-14(18)9-11-19/h2-5,12,14H,6-11,18H2,1H3. The minimum atomic E-state index is -0.184. The van der Waals surface area contributed by atoms with Crippen LogP contribution in [0.15, 0.2) is 24.3 Å². The quantitative estimate of drug-likeness (QED) is 0.919. The van der Waals surface area contributed by atoms with Crippen molar-refractivity contribution in [2.24, 2.45) is 11.7 Å². The summed E-state index contributed by atoms with van der Waals surface area (Å²) in [5.74, 6) is -0.0757. The first-order chi connectivity index (χ1) is 9.58. The summed E-state index contributed by atoms with van der Waals surface area (Å²) >= 11 is 0. The Morgan fingerprint density at radius 1 is 1.40 bits per heavy atom. The Hall–Kier alpha value is -1.42. The van der Waals surface area contributed by atoms with Gasteiger partial charge in [-0.3, -0.25) is 4.79 Å². The van der Waals surface area contributed by atoms with Crippen LogP contribution in [0.25, 0.3) is 0 Å². The van der Waals surface area contributed by atoms with Gasteiger partial charge in [0.1, 0.15) is 5.82 Å². The Labute approximate surface area is 120 Å². The van der Waals surface area contributed by atoms with Crippen molar-refractivity contribution in [2.75, 3.05) is 13.1 Å². The van der Waals surface area contributed by atoms with Gasteiger partial charge in [0.15, 0.2) is 0 Å². The first kappa shape index (κ1) is 15.0. The molecule has 0 spiro atoms. The molecule has 2 N–H and O–H groups in total. The molecule has 110 valence electrons. The van der Waals surface area contributed by atoms with Crippen LogP contribution in [0.2, 0.25) is 0 Å². The fraction of sp³-hybridized carbons (Fsp3) is 0.562. The molecule has 2 rings (SSSR count). The van der Waals surface area contributed by atoms with Crippen molar-refractivity contribution in [1.29, 1.82) is 0 Å². The zero-order valence-electron chi connectivity index (χ0n) is 12.0. The molecule has 1 aromatic carbocycles. The Kier molecular flexibility index (Phi) is 5.12. The average molecular weight is 278 g/mol. The molecular weight excluding hydrogens is 255 g/mol. The van der Waals surface area contributed by atoms with Crippen LogP contribution in [0.4, 0.5) is 4.39 Å². The number of nitrogens with two attached hydrogens (primary N) is 1. The van der Waals surface area contributed by atoms with Gasteiger partial charge < -0.3 is 10.6 Å². The average Bonchev–Trinajstić information content (AvgIpc) is 2.46. The lowest BCUT2D eigenvalue weighted by atomic mass is 9.98. The lowest BCUT2D eigenvalue weighted by Gasteiger charge is -2.32. The molecule has 0 radical (unpaired) electrons. The van der Waals surface area contributed by atoms with Crippen molar-refractivity contribution in [3.05, 3.63) is 35.6 Å². The molecule has 4 heteroatoms. The second kappa shape index (κ2) is 6.84. The smallest absolute Gasteiger partial charge is 0.225 e. The van der Waals surface area contributed by atoms with Gasteiger partial charge in [0, 0.05) is 25.0 Å². The van der Waals surface area contributed by atoms with Gasteiger partial charge in [-0.15, -0.1) is 0 Å². The van der Waals surface area contributed by atoms with E-state index in [0.717, 1.165) is 25.9 Å². The normalized spacial score (nSPS) is 18.1. The topological polar surface area (TPSA) is 46.3 Å². The summed E-state index contributed by atoms with van der Waals surface area (Å²) in [6.07, 6.45) is 3.05. The molecule has 1 fully saturated rings. The van der Waals surface area contributed by atoms with Crippen LogP contribution < -0.4 is 5.73 Å². The van der Waals surface area contributed by atoms with E-state index in [9.17, 15) is 9.18 Å². The lowest BCUT2D eigenvalue weighted by molar-refractivity contribution is -0.136. The highest BCUT2D eigenvalue weighted by molar-refractivity contribution is 5.78. The molecule has 1 unspecified atom stereocenters. The first-order valence-electron chi connectivity index (χ1n) is 7.35. The van der Waals surface area contributed by atoms with Gasteiger partial charge >= 0.3 is 0 Å². The molecule has 0 bridgehead atoms. The number of carbonyl (C=O) groups excluding carboxylic acids is 1. The summed E-state index contributed by atoms with van der Waals surface area (Å²) in [4.78, 5) is 14.2. The highest BCUT2D eigenvalue weighted by atomic mass is 19.1. The van der Waals surface area contributed by atoms with Gasteiger partial charge in [-0.2, -0.15) is 0 Å². The SMILES string of the molecule is CC(CCc1ccccc1F)C(=O)N1CCC(N)CC1. The third kappa shape index (κ3) is 3.79. The summed E-state index contributed by atoms with van der Waals surface area (Å²) in [5.41, 5.74) is 6.53. The van der Waals surface area contributed by atoms with Gasteiger partial charge in [-0.05, 0) is 37.3 Å². The maximum Gasteiger partial charge on any atom is 0.225 e. The second-order valence-corrected chi connectivity index (χ2v) is 5.69. The zero-order chi connectivity index (χ0) is 14.5. The molecule has 1 aliphatic rings. The molecule has 1 amide bonds. The van der Waals surface area contributed by atoms with Crippen molar-refractivity contribution in [3.8, 4) is 0 Å². The molecule has 0 aliphatic carbocycles. The molecule has 1 heterocycles. The van der Waals surface area contributed by atoms with E-state index in [4.69, 9.17) is 5.73 Å². The predicted molar refractivity (Wildman–Crippen MR) is 77.7 cm³/mol. The van der Waals surface area contributed by atoms with Crippen LogP contribution >= 0.6 is 0 Å². The Balaban J connectivity index is 1.84. The van der Waals surface area contributed by atoms with Crippen molar-refractivity contribution in [1.82, 2.24) is 4.90 Å². The van der Waals surface area contributed by atoms with Crippen LogP contribution in [0, 0.1) is 11.7 Å². The van der Waals surface area contributed by atoms with Crippen LogP contribution in [0.5, 0.6) is 0 Å². The third-order valence-electron chi connectivity index (χ3n) is 4.08. The number of nitrogens with zero attached hydrogens (tertiary/aromatic N) is 1. The summed E-state index contributed by atoms with van der Waals surface area (Å²) in [6, 6.07) is 6.99. The van der Waals surface area contributed by atoms with Crippen molar-refractivity contribution < 1.29 is 9.18 Å². The van der Waals surface area contributed by atoms with E-state index in [1.165, 1.54) is 6.07 Å². The molecule has 1 saturated heterocycles. The number of aryl methyl sites for hydroxylation is 1. The number of amides is 1. The third-order valence-corrected chi connectivity index (χ3v) is 4.08. The Bertz CT molecular complexity index is 456. The fourth-order valence-electron chi connectivity index (χ4n) is 2.63. The molecule has 1 atom stereocenters. The van der Waals surface area contributed by atoms with E-state index >= 15 is 0 Å². The molecule has 3 nitrogen and oxygen atoms in total. The number of carbonyl (C=O) groups is 1. The number of benzene rings is 1. The maximum absolute atomic E-state index is 13.5. The molecule has 1 aromatic rings. The monoisotopic (exact) mass is 278 g/mol. The van der Waals surface area contributed by atoms with Gasteiger partial charge in [-0.1, -0.05) is 25.1 Å². The number of piperidine rings is 1. The minimum Gasteiger partial charge on any atom is -0.342 e. The Morgan fingerprint density at radius 2 is 2.05 bits per heavy atom. The highest BCUT2D eigenvalue weighted by Gasteiger charge is 2.24. The summed E-state index contributed by atoms with van der Waals surface area (Å²) < 4.78 is 13.5. The van der Waals surface area contributed by atoms with E-state index in [-0.39, 0.29) is 23.7 Å². The van der Waals surface area contributed by atoms with Crippen LogP contribution in [0.3, 0.4) is 0 Å². The van der Waals surface area contributed by atoms with Crippen LogP contribution in [-0.2, 0) is 11.2 Å².